The molecule has 0 aromatic carbocycles. The van der Waals surface area contributed by atoms with Crippen LogP contribution in [-0.2, 0) is 19.1 Å². The molecule has 2 unspecified atom stereocenters. The van der Waals surface area contributed by atoms with Gasteiger partial charge in [-0.1, -0.05) is 13.2 Å². The number of hydrogen-bond donors (Lipinski definition) is 2. The lowest BCUT2D eigenvalue weighted by Crippen LogP contribution is -2.47. The van der Waals surface area contributed by atoms with Gasteiger partial charge in [-0.05, 0) is 13.8 Å². The minimum absolute atomic E-state index is 0.175. The van der Waals surface area contributed by atoms with Gasteiger partial charge in [0, 0.05) is 11.1 Å². The topological polar surface area (TPSA) is 105 Å². The lowest BCUT2D eigenvalue weighted by molar-refractivity contribution is -0.162. The summed E-state index contributed by atoms with van der Waals surface area (Å²) in [5, 5.41) is 0. The van der Waals surface area contributed by atoms with Gasteiger partial charge in [-0.3, -0.25) is 11.5 Å². The third-order valence-electron chi connectivity index (χ3n) is 1.51. The zero-order valence-electron chi connectivity index (χ0n) is 9.36. The Morgan fingerprint density at radius 2 is 1.19 bits per heavy atom. The van der Waals surface area contributed by atoms with Gasteiger partial charge in [0.25, 0.3) is 0 Å². The molecule has 0 spiro atoms. The van der Waals surface area contributed by atoms with Crippen molar-refractivity contribution in [1.29, 1.82) is 0 Å². The normalized spacial score (nSPS) is 13.5. The van der Waals surface area contributed by atoms with Crippen molar-refractivity contribution in [3.8, 4) is 0 Å². The molecule has 0 saturated heterocycles. The predicted octanol–water partition coefficient (Wildman–Crippen LogP) is -0.205. The predicted molar refractivity (Wildman–Crippen MR) is 57.8 cm³/mol. The second-order valence-electron chi connectivity index (χ2n) is 3.30. The third-order valence-corrected chi connectivity index (χ3v) is 1.51. The molecule has 0 aliphatic heterocycles. The highest BCUT2D eigenvalue weighted by molar-refractivity contribution is 5.87. The molecule has 0 aliphatic carbocycles. The molecular formula is C10H16N2O4. The van der Waals surface area contributed by atoms with Crippen molar-refractivity contribution < 1.29 is 19.1 Å². The monoisotopic (exact) mass is 228 g/mol. The molecule has 90 valence electrons. The van der Waals surface area contributed by atoms with Crippen LogP contribution in [0.5, 0.6) is 0 Å². The van der Waals surface area contributed by atoms with Crippen LogP contribution in [0.15, 0.2) is 24.3 Å². The zero-order valence-corrected chi connectivity index (χ0v) is 9.36. The van der Waals surface area contributed by atoms with Crippen LogP contribution >= 0.6 is 0 Å². The van der Waals surface area contributed by atoms with E-state index < -0.39 is 24.4 Å². The fraction of sp³-hybridized carbons (Fsp3) is 0.400. The van der Waals surface area contributed by atoms with Gasteiger partial charge in [0.05, 0.1) is 0 Å². The molecule has 0 aromatic rings. The van der Waals surface area contributed by atoms with E-state index in [1.54, 1.807) is 0 Å². The lowest BCUT2D eigenvalue weighted by atomic mass is 10.3. The Labute approximate surface area is 93.9 Å². The number of hydrogen-bond acceptors (Lipinski definition) is 6. The SMILES string of the molecule is C=C(C)C(=O)OC(N)C(N)OC(=O)C(=C)C. The molecule has 0 bridgehead atoms. The van der Waals surface area contributed by atoms with Crippen LogP contribution < -0.4 is 11.5 Å². The minimum Gasteiger partial charge on any atom is -0.438 e. The number of nitrogens with two attached hydrogens (primary N) is 2. The van der Waals surface area contributed by atoms with Crippen LogP contribution in [0.3, 0.4) is 0 Å². The minimum atomic E-state index is -1.24. The van der Waals surface area contributed by atoms with E-state index in [9.17, 15) is 9.59 Å². The Morgan fingerprint density at radius 3 is 1.38 bits per heavy atom. The first-order valence-corrected chi connectivity index (χ1v) is 4.50. The zero-order chi connectivity index (χ0) is 12.9. The maximum absolute atomic E-state index is 11.1. The van der Waals surface area contributed by atoms with Crippen LogP contribution in [0.25, 0.3) is 0 Å². The fourth-order valence-electron chi connectivity index (χ4n) is 0.583. The molecule has 0 aliphatic rings. The van der Waals surface area contributed by atoms with Crippen LogP contribution in [0.1, 0.15) is 13.8 Å². The van der Waals surface area contributed by atoms with Gasteiger partial charge in [-0.2, -0.15) is 0 Å². The molecule has 0 aromatic heterocycles. The number of ether oxygens (including phenoxy) is 2. The smallest absolute Gasteiger partial charge is 0.334 e. The number of carbonyl (C=O) groups is 2. The van der Waals surface area contributed by atoms with Gasteiger partial charge in [0.2, 0.25) is 12.5 Å². The van der Waals surface area contributed by atoms with E-state index in [0.29, 0.717) is 0 Å². The first kappa shape index (κ1) is 14.3. The van der Waals surface area contributed by atoms with Crippen LogP contribution in [-0.4, -0.2) is 24.4 Å². The van der Waals surface area contributed by atoms with Gasteiger partial charge in [0.15, 0.2) is 0 Å². The summed E-state index contributed by atoms with van der Waals surface area (Å²) in [6.07, 6.45) is -2.49. The molecule has 0 amide bonds. The van der Waals surface area contributed by atoms with Crippen molar-refractivity contribution in [2.24, 2.45) is 11.5 Å². The summed E-state index contributed by atoms with van der Waals surface area (Å²) < 4.78 is 9.32. The third kappa shape index (κ3) is 4.72. The number of carbonyl (C=O) groups excluding carboxylic acids is 2. The van der Waals surface area contributed by atoms with Gasteiger partial charge >= 0.3 is 11.9 Å². The molecule has 6 heteroatoms. The Morgan fingerprint density at radius 1 is 0.938 bits per heavy atom. The summed E-state index contributed by atoms with van der Waals surface area (Å²) in [5.74, 6) is -1.40. The standard InChI is InChI=1S/C10H16N2O4/c1-5(2)9(13)15-7(11)8(12)16-10(14)6(3)4/h7-8H,1,3,11-12H2,2,4H3. The Hall–Kier alpha value is -1.66. The average molecular weight is 228 g/mol. The van der Waals surface area contributed by atoms with Gasteiger partial charge < -0.3 is 9.47 Å². The quantitative estimate of drug-likeness (QED) is 0.383. The Bertz CT molecular complexity index is 293. The van der Waals surface area contributed by atoms with Crippen molar-refractivity contribution in [3.05, 3.63) is 24.3 Å². The van der Waals surface area contributed by atoms with Crippen molar-refractivity contribution in [1.82, 2.24) is 0 Å². The van der Waals surface area contributed by atoms with Crippen molar-refractivity contribution in [2.45, 2.75) is 26.3 Å². The molecule has 0 radical (unpaired) electrons. The summed E-state index contributed by atoms with van der Waals surface area (Å²) in [7, 11) is 0. The van der Waals surface area contributed by atoms with Crippen molar-refractivity contribution >= 4 is 11.9 Å². The number of rotatable bonds is 5. The van der Waals surface area contributed by atoms with Crippen LogP contribution in [0, 0.1) is 0 Å². The van der Waals surface area contributed by atoms with E-state index in [2.05, 4.69) is 22.6 Å². The molecule has 6 nitrogen and oxygen atoms in total. The van der Waals surface area contributed by atoms with Crippen LogP contribution in [0.4, 0.5) is 0 Å². The van der Waals surface area contributed by atoms with Crippen molar-refractivity contribution in [2.75, 3.05) is 0 Å². The second-order valence-corrected chi connectivity index (χ2v) is 3.30. The highest BCUT2D eigenvalue weighted by atomic mass is 16.6. The summed E-state index contributed by atoms with van der Waals surface area (Å²) in [5.41, 5.74) is 11.1. The second kappa shape index (κ2) is 6.04. The lowest BCUT2D eigenvalue weighted by Gasteiger charge is -2.20. The fourth-order valence-corrected chi connectivity index (χ4v) is 0.583. The summed E-state index contributed by atoms with van der Waals surface area (Å²) in [6, 6.07) is 0. The summed E-state index contributed by atoms with van der Waals surface area (Å²) >= 11 is 0. The molecule has 4 N–H and O–H groups in total. The van der Waals surface area contributed by atoms with E-state index in [1.807, 2.05) is 0 Å². The molecule has 16 heavy (non-hydrogen) atoms. The average Bonchev–Trinajstić information content (AvgIpc) is 2.16. The maximum Gasteiger partial charge on any atom is 0.334 e. The Balaban J connectivity index is 4.24. The van der Waals surface area contributed by atoms with E-state index in [0.717, 1.165) is 0 Å². The van der Waals surface area contributed by atoms with E-state index in [4.69, 9.17) is 11.5 Å². The molecule has 0 rings (SSSR count). The molecule has 0 fully saturated rings. The van der Waals surface area contributed by atoms with Gasteiger partial charge in [-0.25, -0.2) is 9.59 Å². The summed E-state index contributed by atoms with van der Waals surface area (Å²) in [6.45, 7) is 9.65. The molecule has 2 atom stereocenters. The number of esters is 2. The maximum atomic E-state index is 11.1. The first-order chi connectivity index (χ1) is 7.25. The highest BCUT2D eigenvalue weighted by Crippen LogP contribution is 2.01. The highest BCUT2D eigenvalue weighted by Gasteiger charge is 2.21. The Kier molecular flexibility index (Phi) is 5.41. The van der Waals surface area contributed by atoms with Crippen molar-refractivity contribution in [3.63, 3.8) is 0 Å². The van der Waals surface area contributed by atoms with E-state index in [1.165, 1.54) is 13.8 Å². The van der Waals surface area contributed by atoms with Gasteiger partial charge in [0.1, 0.15) is 0 Å². The molecular weight excluding hydrogens is 212 g/mol. The van der Waals surface area contributed by atoms with E-state index in [-0.39, 0.29) is 11.1 Å². The summed E-state index contributed by atoms with van der Waals surface area (Å²) in [4.78, 5) is 22.1. The van der Waals surface area contributed by atoms with Crippen LogP contribution in [0.2, 0.25) is 0 Å². The molecule has 0 saturated carbocycles. The first-order valence-electron chi connectivity index (χ1n) is 4.50. The molecule has 0 heterocycles. The van der Waals surface area contributed by atoms with Gasteiger partial charge in [-0.15, -0.1) is 0 Å². The van der Waals surface area contributed by atoms with E-state index >= 15 is 0 Å². The largest absolute Gasteiger partial charge is 0.438 e.